The van der Waals surface area contributed by atoms with Gasteiger partial charge in [0.1, 0.15) is 80.9 Å². The fourth-order valence-electron chi connectivity index (χ4n) is 6.01. The van der Waals surface area contributed by atoms with Gasteiger partial charge >= 0.3 is 12.4 Å². The number of nitrogens with zero attached hydrogens (tertiary/aromatic N) is 3. The Labute approximate surface area is 337 Å². The van der Waals surface area contributed by atoms with E-state index >= 15 is 0 Å². The number of aryl methyl sites for hydroxylation is 1. The van der Waals surface area contributed by atoms with Crippen molar-refractivity contribution in [3.63, 3.8) is 0 Å². The highest BCUT2D eigenvalue weighted by Gasteiger charge is 2.72. The first-order chi connectivity index (χ1) is 27.6. The van der Waals surface area contributed by atoms with Crippen molar-refractivity contribution in [1.82, 2.24) is 0 Å². The molecule has 0 spiro atoms. The lowest BCUT2D eigenvalue weighted by molar-refractivity contribution is -0.288. The van der Waals surface area contributed by atoms with Crippen molar-refractivity contribution < 1.29 is 45.3 Å². The summed E-state index contributed by atoms with van der Waals surface area (Å²) in [5.41, 5.74) is -6.27. The van der Waals surface area contributed by atoms with Crippen molar-refractivity contribution in [3.05, 3.63) is 165 Å². The number of ether oxygens (including phenoxy) is 4. The van der Waals surface area contributed by atoms with Crippen LogP contribution < -0.4 is 18.9 Å². The maximum Gasteiger partial charge on any atom is 0.411 e. The first kappa shape index (κ1) is 40.8. The highest BCUT2D eigenvalue weighted by Crippen LogP contribution is 2.56. The number of hydrogen-bond donors (Lipinski definition) is 0. The number of halogens is 8. The predicted molar refractivity (Wildman–Crippen MR) is 201 cm³/mol. The Bertz CT molecular complexity index is 2620. The van der Waals surface area contributed by atoms with Gasteiger partial charge in [0.25, 0.3) is 0 Å². The van der Waals surface area contributed by atoms with E-state index < -0.39 is 28.9 Å². The number of nitriles is 3. The number of benzene rings is 6. The quantitative estimate of drug-likeness (QED) is 0.126. The van der Waals surface area contributed by atoms with Crippen LogP contribution in [0.15, 0.2) is 121 Å². The van der Waals surface area contributed by atoms with Gasteiger partial charge in [-0.05, 0) is 102 Å². The van der Waals surface area contributed by atoms with Crippen LogP contribution in [0.1, 0.15) is 33.4 Å². The van der Waals surface area contributed by atoms with E-state index in [2.05, 4.69) is 0 Å². The highest BCUT2D eigenvalue weighted by molar-refractivity contribution is 6.32. The van der Waals surface area contributed by atoms with E-state index in [1.54, 1.807) is 43.3 Å². The summed E-state index contributed by atoms with van der Waals surface area (Å²) in [7, 11) is 0. The van der Waals surface area contributed by atoms with Gasteiger partial charge in [-0.25, -0.2) is 0 Å². The van der Waals surface area contributed by atoms with Crippen LogP contribution >= 0.6 is 23.2 Å². The molecule has 0 bridgehead atoms. The zero-order valence-electron chi connectivity index (χ0n) is 29.5. The minimum absolute atomic E-state index is 0.0368. The van der Waals surface area contributed by atoms with Crippen LogP contribution in [-0.4, -0.2) is 12.4 Å². The van der Waals surface area contributed by atoms with Gasteiger partial charge in [-0.3, -0.25) is 0 Å². The van der Waals surface area contributed by atoms with Gasteiger partial charge in [-0.2, -0.15) is 42.1 Å². The van der Waals surface area contributed by atoms with Crippen LogP contribution in [0.2, 0.25) is 10.0 Å². The molecule has 0 aliphatic rings. The Hall–Kier alpha value is -6.85. The molecule has 0 amide bonds. The molecular formula is C43H23Cl2F6N3O4. The van der Waals surface area contributed by atoms with E-state index in [9.17, 15) is 42.1 Å². The van der Waals surface area contributed by atoms with Crippen molar-refractivity contribution in [2.75, 3.05) is 0 Å². The van der Waals surface area contributed by atoms with Gasteiger partial charge in [0, 0.05) is 0 Å². The molecule has 0 fully saturated rings. The van der Waals surface area contributed by atoms with E-state index in [-0.39, 0.29) is 61.2 Å². The molecule has 0 N–H and O–H groups in total. The second-order valence-corrected chi connectivity index (χ2v) is 13.1. The zero-order valence-corrected chi connectivity index (χ0v) is 31.1. The standard InChI is InChI=1S/C43H23Cl2F6N3O4/c1-25-21-30(57-38-8-3-6-35(45)32(38)23-53)19-20-36(25)58-40-10-4-9-39(33(40)24-54)56-29-17-13-27(14-18-29)41(42(46,47)48,43(49,50)51)26-11-15-28(16-12-26)55-37-7-2-5-34(44)31(37)22-52/h2-21H,1H3. The molecule has 15 heteroatoms. The molecule has 0 heterocycles. The minimum atomic E-state index is -5.88. The number of rotatable bonds is 10. The minimum Gasteiger partial charge on any atom is -0.456 e. The molecule has 7 nitrogen and oxygen atoms in total. The smallest absolute Gasteiger partial charge is 0.411 e. The SMILES string of the molecule is Cc1cc(Oc2cccc(Cl)c2C#N)ccc1Oc1cccc(Oc2ccc(C(c3ccc(Oc4cccc(Cl)c4C#N)cc3)(C(F)(F)F)C(F)(F)F)cc2)c1C#N. The van der Waals surface area contributed by atoms with Gasteiger partial charge in [0.2, 0.25) is 5.41 Å². The largest absolute Gasteiger partial charge is 0.456 e. The lowest BCUT2D eigenvalue weighted by Crippen LogP contribution is -2.54. The van der Waals surface area contributed by atoms with Crippen LogP contribution in [0.4, 0.5) is 26.3 Å². The van der Waals surface area contributed by atoms with Gasteiger partial charge in [-0.15, -0.1) is 0 Å². The van der Waals surface area contributed by atoms with Gasteiger partial charge in [0.15, 0.2) is 0 Å². The van der Waals surface area contributed by atoms with Crippen molar-refractivity contribution in [2.45, 2.75) is 24.7 Å². The summed E-state index contributed by atoms with van der Waals surface area (Å²) in [6, 6.07) is 30.2. The van der Waals surface area contributed by atoms with Gasteiger partial charge < -0.3 is 18.9 Å². The van der Waals surface area contributed by atoms with E-state index in [1.807, 2.05) is 18.2 Å². The van der Waals surface area contributed by atoms with Crippen molar-refractivity contribution >= 4 is 23.2 Å². The van der Waals surface area contributed by atoms with Gasteiger partial charge in [-0.1, -0.05) is 65.7 Å². The maximum absolute atomic E-state index is 14.9. The van der Waals surface area contributed by atoms with Gasteiger partial charge in [0.05, 0.1) is 10.0 Å². The average molecular weight is 831 g/mol. The molecule has 0 aliphatic heterocycles. The molecule has 0 radical (unpaired) electrons. The highest BCUT2D eigenvalue weighted by atomic mass is 35.5. The lowest BCUT2D eigenvalue weighted by atomic mass is 9.73. The molecule has 0 atom stereocenters. The summed E-state index contributed by atoms with van der Waals surface area (Å²) < 4.78 is 113. The fraction of sp³-hybridized carbons (Fsp3) is 0.0930. The third kappa shape index (κ3) is 7.89. The van der Waals surface area contributed by atoms with E-state index in [0.29, 0.717) is 41.3 Å². The maximum atomic E-state index is 14.9. The molecule has 0 saturated heterocycles. The molecule has 6 rings (SSSR count). The predicted octanol–water partition coefficient (Wildman–Crippen LogP) is 13.5. The molecule has 58 heavy (non-hydrogen) atoms. The third-order valence-electron chi connectivity index (χ3n) is 8.75. The summed E-state index contributed by atoms with van der Waals surface area (Å²) >= 11 is 12.1. The molecule has 6 aromatic carbocycles. The van der Waals surface area contributed by atoms with E-state index in [1.165, 1.54) is 36.4 Å². The molecular weight excluding hydrogens is 807 g/mol. The molecule has 290 valence electrons. The average Bonchev–Trinajstić information content (AvgIpc) is 3.17. The second-order valence-electron chi connectivity index (χ2n) is 12.3. The van der Waals surface area contributed by atoms with Crippen LogP contribution in [-0.2, 0) is 5.41 Å². The van der Waals surface area contributed by atoms with Crippen LogP contribution in [0.3, 0.4) is 0 Å². The van der Waals surface area contributed by atoms with Crippen LogP contribution in [0.5, 0.6) is 46.0 Å². The number of hydrogen-bond acceptors (Lipinski definition) is 7. The Morgan fingerprint density at radius 2 is 0.810 bits per heavy atom. The van der Waals surface area contributed by atoms with Crippen molar-refractivity contribution in [1.29, 1.82) is 15.8 Å². The Balaban J connectivity index is 1.26. The van der Waals surface area contributed by atoms with Crippen molar-refractivity contribution in [3.8, 4) is 64.2 Å². The summed E-state index contributed by atoms with van der Waals surface area (Å²) in [5, 5.41) is 29.2. The van der Waals surface area contributed by atoms with E-state index in [4.69, 9.17) is 42.1 Å². The number of alkyl halides is 6. The first-order valence-corrected chi connectivity index (χ1v) is 17.4. The van der Waals surface area contributed by atoms with Crippen LogP contribution in [0.25, 0.3) is 0 Å². The zero-order chi connectivity index (χ0) is 41.8. The summed E-state index contributed by atoms with van der Waals surface area (Å²) in [5.74, 6) is 0.482. The second kappa shape index (κ2) is 16.3. The summed E-state index contributed by atoms with van der Waals surface area (Å²) in [6.07, 6.45) is -11.8. The molecule has 0 aliphatic carbocycles. The Morgan fingerprint density at radius 3 is 1.21 bits per heavy atom. The molecule has 0 unspecified atom stereocenters. The molecule has 6 aromatic rings. The normalized spacial score (nSPS) is 11.5. The van der Waals surface area contributed by atoms with Crippen LogP contribution in [0, 0.1) is 40.9 Å². The molecule has 0 saturated carbocycles. The molecule has 0 aromatic heterocycles. The van der Waals surface area contributed by atoms with E-state index in [0.717, 1.165) is 24.3 Å². The Morgan fingerprint density at radius 1 is 0.448 bits per heavy atom. The van der Waals surface area contributed by atoms with Crippen molar-refractivity contribution in [2.24, 2.45) is 0 Å². The monoisotopic (exact) mass is 829 g/mol. The Kier molecular flexibility index (Phi) is 11.5. The topological polar surface area (TPSA) is 108 Å². The summed E-state index contributed by atoms with van der Waals surface area (Å²) in [6.45, 7) is 1.70. The third-order valence-corrected chi connectivity index (χ3v) is 9.38. The summed E-state index contributed by atoms with van der Waals surface area (Å²) in [4.78, 5) is 0. The fourth-order valence-corrected chi connectivity index (χ4v) is 6.43. The lowest BCUT2D eigenvalue weighted by Gasteiger charge is -2.38. The first-order valence-electron chi connectivity index (χ1n) is 16.7.